The summed E-state index contributed by atoms with van der Waals surface area (Å²) in [7, 11) is 1.51. The molecule has 1 saturated carbocycles. The monoisotopic (exact) mass is 393 g/mol. The molecule has 0 atom stereocenters. The van der Waals surface area contributed by atoms with Crippen molar-refractivity contribution in [1.29, 1.82) is 0 Å². The fraction of sp³-hybridized carbons (Fsp3) is 0.250. The molecule has 3 aromatic rings. The number of hydrogen-bond acceptors (Lipinski definition) is 5. The maximum atomic E-state index is 12.8. The Kier molecular flexibility index (Phi) is 4.50. The van der Waals surface area contributed by atoms with Gasteiger partial charge in [0.05, 0.1) is 22.2 Å². The molecule has 0 saturated heterocycles. The van der Waals surface area contributed by atoms with Crippen molar-refractivity contribution in [2.75, 3.05) is 12.4 Å². The number of fused-ring (bicyclic) bond motifs is 1. The Hall–Kier alpha value is -3.75. The van der Waals surface area contributed by atoms with Crippen LogP contribution in [0.4, 0.5) is 5.69 Å². The molecule has 0 spiro atoms. The van der Waals surface area contributed by atoms with Crippen LogP contribution in [0.2, 0.25) is 0 Å². The molecule has 1 aliphatic rings. The van der Waals surface area contributed by atoms with Gasteiger partial charge in [0, 0.05) is 19.3 Å². The van der Waals surface area contributed by atoms with Gasteiger partial charge >= 0.3 is 5.69 Å². The zero-order chi connectivity index (χ0) is 20.7. The molecular formula is C20H19N5O4. The number of amides is 2. The van der Waals surface area contributed by atoms with E-state index in [1.54, 1.807) is 25.1 Å². The van der Waals surface area contributed by atoms with Gasteiger partial charge in [-0.3, -0.25) is 23.9 Å². The molecule has 9 nitrogen and oxygen atoms in total. The highest BCUT2D eigenvalue weighted by atomic mass is 16.2. The number of aryl methyl sites for hydroxylation is 1. The van der Waals surface area contributed by atoms with Crippen molar-refractivity contribution in [3.63, 3.8) is 0 Å². The largest absolute Gasteiger partial charge is 0.355 e. The number of nitrogens with zero attached hydrogens (tertiary/aromatic N) is 2. The van der Waals surface area contributed by atoms with Crippen molar-refractivity contribution in [2.24, 2.45) is 0 Å². The molecule has 148 valence electrons. The molecule has 1 aliphatic carbocycles. The molecule has 0 radical (unpaired) electrons. The van der Waals surface area contributed by atoms with E-state index in [2.05, 4.69) is 20.6 Å². The minimum Gasteiger partial charge on any atom is -0.355 e. The van der Waals surface area contributed by atoms with Gasteiger partial charge in [-0.1, -0.05) is 12.1 Å². The van der Waals surface area contributed by atoms with E-state index in [1.807, 2.05) is 0 Å². The van der Waals surface area contributed by atoms with Gasteiger partial charge in [-0.25, -0.2) is 9.78 Å². The number of rotatable bonds is 4. The summed E-state index contributed by atoms with van der Waals surface area (Å²) < 4.78 is 1.46. The van der Waals surface area contributed by atoms with Gasteiger partial charge in [0.15, 0.2) is 0 Å². The zero-order valence-electron chi connectivity index (χ0n) is 15.9. The predicted molar refractivity (Wildman–Crippen MR) is 107 cm³/mol. The van der Waals surface area contributed by atoms with E-state index in [9.17, 15) is 19.2 Å². The Balaban J connectivity index is 1.74. The highest BCUT2D eigenvalue weighted by Gasteiger charge is 2.28. The van der Waals surface area contributed by atoms with Crippen LogP contribution in [0.5, 0.6) is 0 Å². The van der Waals surface area contributed by atoms with E-state index < -0.39 is 17.2 Å². The third-order valence-corrected chi connectivity index (χ3v) is 4.93. The third-order valence-electron chi connectivity index (χ3n) is 4.93. The molecule has 0 aliphatic heterocycles. The molecule has 1 aromatic carbocycles. The summed E-state index contributed by atoms with van der Waals surface area (Å²) in [5.74, 6) is -0.835. The number of carbonyl (C=O) groups excluding carboxylic acids is 2. The first-order valence-electron chi connectivity index (χ1n) is 9.18. The van der Waals surface area contributed by atoms with Crippen molar-refractivity contribution in [2.45, 2.75) is 25.8 Å². The standard InChI is InChI=1S/C20H19N5O4/c1-10-4-3-5-14(15(10)19(28)21-2)23-17(26)11-8-13-16(22-9-11)25(12-6-7-12)20(29)24-18(13)27/h3-5,8-9,12H,6-7H2,1-2H3,(H,21,28)(H,23,26)(H,24,27,29). The van der Waals surface area contributed by atoms with Crippen LogP contribution in [-0.2, 0) is 0 Å². The quantitative estimate of drug-likeness (QED) is 0.617. The smallest absolute Gasteiger partial charge is 0.330 e. The highest BCUT2D eigenvalue weighted by Crippen LogP contribution is 2.34. The summed E-state index contributed by atoms with van der Waals surface area (Å²) in [5.41, 5.74) is 0.746. The normalized spacial score (nSPS) is 13.3. The van der Waals surface area contributed by atoms with Crippen LogP contribution in [-0.4, -0.2) is 33.4 Å². The number of aromatic amines is 1. The first-order chi connectivity index (χ1) is 13.9. The van der Waals surface area contributed by atoms with Crippen LogP contribution in [0.15, 0.2) is 40.1 Å². The van der Waals surface area contributed by atoms with Crippen LogP contribution in [0.1, 0.15) is 45.2 Å². The highest BCUT2D eigenvalue weighted by molar-refractivity contribution is 6.10. The van der Waals surface area contributed by atoms with Crippen LogP contribution >= 0.6 is 0 Å². The van der Waals surface area contributed by atoms with Gasteiger partial charge in [-0.2, -0.15) is 0 Å². The number of anilines is 1. The molecule has 29 heavy (non-hydrogen) atoms. The lowest BCUT2D eigenvalue weighted by Gasteiger charge is -2.13. The second-order valence-corrected chi connectivity index (χ2v) is 6.99. The second kappa shape index (κ2) is 7.01. The summed E-state index contributed by atoms with van der Waals surface area (Å²) in [6, 6.07) is 6.56. The molecule has 0 unspecified atom stereocenters. The minimum absolute atomic E-state index is 0.0245. The van der Waals surface area contributed by atoms with Crippen molar-refractivity contribution in [3.8, 4) is 0 Å². The van der Waals surface area contributed by atoms with Crippen LogP contribution in [0.25, 0.3) is 11.0 Å². The van der Waals surface area contributed by atoms with Gasteiger partial charge in [-0.15, -0.1) is 0 Å². The Morgan fingerprint density at radius 2 is 1.97 bits per heavy atom. The lowest BCUT2D eigenvalue weighted by molar-refractivity contribution is 0.0963. The maximum absolute atomic E-state index is 12.8. The maximum Gasteiger partial charge on any atom is 0.330 e. The van der Waals surface area contributed by atoms with Crippen LogP contribution in [0, 0.1) is 6.92 Å². The van der Waals surface area contributed by atoms with Gasteiger partial charge in [0.2, 0.25) is 0 Å². The number of nitrogens with one attached hydrogen (secondary N) is 3. The van der Waals surface area contributed by atoms with E-state index in [0.717, 1.165) is 12.8 Å². The number of H-pyrrole nitrogens is 1. The lowest BCUT2D eigenvalue weighted by Crippen LogP contribution is -2.30. The average Bonchev–Trinajstić information content (AvgIpc) is 3.52. The number of hydrogen-bond donors (Lipinski definition) is 3. The summed E-state index contributed by atoms with van der Waals surface area (Å²) in [5, 5.41) is 5.43. The molecule has 9 heteroatoms. The third kappa shape index (κ3) is 3.31. The molecule has 3 N–H and O–H groups in total. The fourth-order valence-corrected chi connectivity index (χ4v) is 3.33. The summed E-state index contributed by atoms with van der Waals surface area (Å²) in [6.45, 7) is 1.77. The molecule has 2 heterocycles. The second-order valence-electron chi connectivity index (χ2n) is 6.99. The van der Waals surface area contributed by atoms with E-state index in [-0.39, 0.29) is 28.5 Å². The Bertz CT molecular complexity index is 1270. The minimum atomic E-state index is -0.592. The van der Waals surface area contributed by atoms with E-state index >= 15 is 0 Å². The number of benzene rings is 1. The number of carbonyl (C=O) groups is 2. The summed E-state index contributed by atoms with van der Waals surface area (Å²) >= 11 is 0. The van der Waals surface area contributed by atoms with Gasteiger partial charge < -0.3 is 10.6 Å². The molecule has 2 amide bonds. The number of pyridine rings is 1. The van der Waals surface area contributed by atoms with Crippen molar-refractivity contribution >= 4 is 28.5 Å². The topological polar surface area (TPSA) is 126 Å². The molecule has 4 rings (SSSR count). The van der Waals surface area contributed by atoms with E-state index in [0.29, 0.717) is 16.8 Å². The zero-order valence-corrected chi connectivity index (χ0v) is 15.9. The molecular weight excluding hydrogens is 374 g/mol. The van der Waals surface area contributed by atoms with E-state index in [1.165, 1.54) is 23.9 Å². The SMILES string of the molecule is CNC(=O)c1c(C)cccc1NC(=O)c1cnc2c(c1)c(=O)[nH]c(=O)n2C1CC1. The van der Waals surface area contributed by atoms with Crippen molar-refractivity contribution in [1.82, 2.24) is 19.9 Å². The Morgan fingerprint density at radius 1 is 1.21 bits per heavy atom. The molecule has 0 bridgehead atoms. The number of aromatic nitrogens is 3. The first kappa shape index (κ1) is 18.6. The van der Waals surface area contributed by atoms with Crippen LogP contribution in [0.3, 0.4) is 0 Å². The summed E-state index contributed by atoms with van der Waals surface area (Å²) in [4.78, 5) is 55.8. The van der Waals surface area contributed by atoms with Gasteiger partial charge in [0.1, 0.15) is 5.65 Å². The van der Waals surface area contributed by atoms with Crippen LogP contribution < -0.4 is 21.9 Å². The predicted octanol–water partition coefficient (Wildman–Crippen LogP) is 1.34. The Labute approximate surface area is 164 Å². The van der Waals surface area contributed by atoms with Crippen molar-refractivity contribution < 1.29 is 9.59 Å². The average molecular weight is 393 g/mol. The van der Waals surface area contributed by atoms with Gasteiger partial charge in [-0.05, 0) is 37.5 Å². The first-order valence-corrected chi connectivity index (χ1v) is 9.18. The fourth-order valence-electron chi connectivity index (χ4n) is 3.33. The van der Waals surface area contributed by atoms with E-state index in [4.69, 9.17) is 0 Å². The lowest BCUT2D eigenvalue weighted by atomic mass is 10.1. The summed E-state index contributed by atoms with van der Waals surface area (Å²) in [6.07, 6.45) is 3.02. The van der Waals surface area contributed by atoms with Gasteiger partial charge in [0.25, 0.3) is 17.4 Å². The Morgan fingerprint density at radius 3 is 2.66 bits per heavy atom. The molecule has 1 fully saturated rings. The van der Waals surface area contributed by atoms with Crippen molar-refractivity contribution in [3.05, 3.63) is 68.0 Å². The molecule has 2 aromatic heterocycles.